The van der Waals surface area contributed by atoms with Gasteiger partial charge in [-0.1, -0.05) is 6.07 Å². The molecule has 2 aromatic heterocycles. The minimum Gasteiger partial charge on any atom is -0.497 e. The zero-order valence-electron chi connectivity index (χ0n) is 19.1. The molecule has 0 radical (unpaired) electrons. The number of hydrogen-bond donors (Lipinski definition) is 3. The zero-order valence-corrected chi connectivity index (χ0v) is 20.7. The van der Waals surface area contributed by atoms with Crippen molar-refractivity contribution in [3.8, 4) is 27.1 Å². The lowest BCUT2D eigenvalue weighted by Gasteiger charge is -2.14. The van der Waals surface area contributed by atoms with Crippen LogP contribution in [0.1, 0.15) is 23.0 Å². The van der Waals surface area contributed by atoms with Crippen LogP contribution in [0.4, 0.5) is 5.69 Å². The number of amides is 2. The van der Waals surface area contributed by atoms with Crippen molar-refractivity contribution < 1.29 is 19.1 Å². The summed E-state index contributed by atoms with van der Waals surface area (Å²) >= 11 is 3.15. The van der Waals surface area contributed by atoms with Gasteiger partial charge in [-0.2, -0.15) is 0 Å². The number of nitrogens with two attached hydrogens (primary N) is 1. The third-order valence-electron chi connectivity index (χ3n) is 4.91. The Morgan fingerprint density at radius 3 is 2.54 bits per heavy atom. The summed E-state index contributed by atoms with van der Waals surface area (Å²) in [5.41, 5.74) is 7.11. The average molecular weight is 509 g/mol. The summed E-state index contributed by atoms with van der Waals surface area (Å²) in [6.45, 7) is 1.83. The van der Waals surface area contributed by atoms with Crippen LogP contribution in [-0.4, -0.2) is 29.9 Å². The first-order chi connectivity index (χ1) is 16.9. The van der Waals surface area contributed by atoms with Crippen LogP contribution >= 0.6 is 22.7 Å². The summed E-state index contributed by atoms with van der Waals surface area (Å²) in [6.07, 6.45) is 0. The molecule has 0 aliphatic rings. The second-order valence-corrected chi connectivity index (χ2v) is 9.38. The Labute approximate surface area is 210 Å². The van der Waals surface area contributed by atoms with Gasteiger partial charge in [0.05, 0.1) is 35.8 Å². The molecule has 2 heterocycles. The Morgan fingerprint density at radius 2 is 1.86 bits per heavy atom. The zero-order chi connectivity index (χ0) is 24.8. The molecule has 2 amide bonds. The second-order valence-electron chi connectivity index (χ2n) is 7.57. The van der Waals surface area contributed by atoms with Crippen molar-refractivity contribution in [2.45, 2.75) is 19.5 Å². The highest BCUT2D eigenvalue weighted by Gasteiger charge is 2.17. The summed E-state index contributed by atoms with van der Waals surface area (Å²) in [6, 6.07) is 15.2. The van der Waals surface area contributed by atoms with E-state index in [0.717, 1.165) is 15.6 Å². The monoisotopic (exact) mass is 508 g/mol. The lowest BCUT2D eigenvalue weighted by atomic mass is 10.1. The summed E-state index contributed by atoms with van der Waals surface area (Å²) in [4.78, 5) is 30.9. The van der Waals surface area contributed by atoms with Crippen molar-refractivity contribution in [2.75, 3.05) is 12.4 Å². The van der Waals surface area contributed by atoms with Crippen LogP contribution in [0, 0.1) is 0 Å². The third kappa shape index (κ3) is 6.24. The van der Waals surface area contributed by atoms with Crippen molar-refractivity contribution >= 4 is 40.2 Å². The van der Waals surface area contributed by atoms with Gasteiger partial charge in [0, 0.05) is 11.1 Å². The minimum atomic E-state index is -0.690. The van der Waals surface area contributed by atoms with Gasteiger partial charge in [0.15, 0.2) is 0 Å². The number of carbonyl (C=O) groups excluding carboxylic acids is 2. The Hall–Kier alpha value is -3.73. The molecule has 10 heteroatoms. The topological polar surface area (TPSA) is 116 Å². The Balaban J connectivity index is 1.54. The normalized spacial score (nSPS) is 11.5. The molecule has 0 fully saturated rings. The molecule has 4 rings (SSSR count). The lowest BCUT2D eigenvalue weighted by molar-refractivity contribution is -0.117. The predicted octanol–water partition coefficient (Wildman–Crippen LogP) is 4.89. The Bertz CT molecular complexity index is 1300. The molecule has 35 heavy (non-hydrogen) atoms. The van der Waals surface area contributed by atoms with E-state index in [1.165, 1.54) is 11.3 Å². The maximum atomic E-state index is 13.2. The number of benzene rings is 2. The maximum absolute atomic E-state index is 13.2. The highest BCUT2D eigenvalue weighted by molar-refractivity contribution is 7.20. The van der Waals surface area contributed by atoms with E-state index in [1.54, 1.807) is 67.8 Å². The predicted molar refractivity (Wildman–Crippen MR) is 138 cm³/mol. The van der Waals surface area contributed by atoms with Crippen molar-refractivity contribution in [1.29, 1.82) is 0 Å². The molecule has 0 unspecified atom stereocenters. The molecule has 0 saturated heterocycles. The van der Waals surface area contributed by atoms with Crippen LogP contribution < -0.4 is 25.8 Å². The molecule has 4 N–H and O–H groups in total. The third-order valence-corrected chi connectivity index (χ3v) is 6.84. The fourth-order valence-electron chi connectivity index (χ4n) is 3.07. The highest BCUT2D eigenvalue weighted by atomic mass is 32.1. The standard InChI is InChI=1S/C25H24N4O4S2/c1-15(26)23(30)28-16-5-10-21(33-19-8-6-18(32-2)7-9-19)20(12-16)24(31)27-13-17-14-35-25(29-17)22-4-3-11-34-22/h3-12,14-15H,13,26H2,1-2H3,(H,27,31)(H,28,30)/t15-/m0/s1. The fraction of sp³-hybridized carbons (Fsp3) is 0.160. The molecular formula is C25H24N4O4S2. The first-order valence-corrected chi connectivity index (χ1v) is 12.5. The summed E-state index contributed by atoms with van der Waals surface area (Å²) < 4.78 is 11.2. The number of thiophene rings is 1. The van der Waals surface area contributed by atoms with E-state index in [0.29, 0.717) is 22.9 Å². The molecule has 4 aromatic rings. The number of thiazole rings is 1. The molecule has 0 aliphatic heterocycles. The molecule has 8 nitrogen and oxygen atoms in total. The van der Waals surface area contributed by atoms with Gasteiger partial charge < -0.3 is 25.8 Å². The van der Waals surface area contributed by atoms with E-state index >= 15 is 0 Å². The Morgan fingerprint density at radius 1 is 1.09 bits per heavy atom. The minimum absolute atomic E-state index is 0.249. The molecule has 0 saturated carbocycles. The average Bonchev–Trinajstić information content (AvgIpc) is 3.56. The molecular weight excluding hydrogens is 484 g/mol. The number of aromatic nitrogens is 1. The maximum Gasteiger partial charge on any atom is 0.255 e. The van der Waals surface area contributed by atoms with Crippen LogP contribution in [0.3, 0.4) is 0 Å². The molecule has 0 bridgehead atoms. The SMILES string of the molecule is COc1ccc(Oc2ccc(NC(=O)[C@H](C)N)cc2C(=O)NCc2csc(-c3cccs3)n2)cc1. The molecule has 1 atom stereocenters. The van der Waals surface area contributed by atoms with Gasteiger partial charge in [-0.25, -0.2) is 4.98 Å². The molecule has 0 spiro atoms. The van der Waals surface area contributed by atoms with E-state index in [-0.39, 0.29) is 23.9 Å². The van der Waals surface area contributed by atoms with Crippen molar-refractivity contribution in [1.82, 2.24) is 10.3 Å². The first kappa shape index (κ1) is 24.4. The van der Waals surface area contributed by atoms with Crippen LogP contribution in [0.5, 0.6) is 17.2 Å². The van der Waals surface area contributed by atoms with Crippen molar-refractivity contribution in [2.24, 2.45) is 5.73 Å². The van der Waals surface area contributed by atoms with Crippen LogP contribution in [0.2, 0.25) is 0 Å². The lowest BCUT2D eigenvalue weighted by Crippen LogP contribution is -2.32. The summed E-state index contributed by atoms with van der Waals surface area (Å²) in [7, 11) is 1.58. The molecule has 0 aliphatic carbocycles. The van der Waals surface area contributed by atoms with E-state index in [4.69, 9.17) is 15.2 Å². The van der Waals surface area contributed by atoms with Crippen molar-refractivity contribution in [3.63, 3.8) is 0 Å². The van der Waals surface area contributed by atoms with Gasteiger partial charge >= 0.3 is 0 Å². The van der Waals surface area contributed by atoms with E-state index in [2.05, 4.69) is 15.6 Å². The van der Waals surface area contributed by atoms with Crippen LogP contribution in [0.15, 0.2) is 65.4 Å². The van der Waals surface area contributed by atoms with Gasteiger partial charge in [-0.05, 0) is 60.8 Å². The van der Waals surface area contributed by atoms with E-state index in [9.17, 15) is 9.59 Å². The number of nitrogens with zero attached hydrogens (tertiary/aromatic N) is 1. The highest BCUT2D eigenvalue weighted by Crippen LogP contribution is 2.30. The van der Waals surface area contributed by atoms with E-state index in [1.807, 2.05) is 22.9 Å². The Kier molecular flexibility index (Phi) is 7.76. The number of anilines is 1. The van der Waals surface area contributed by atoms with Gasteiger partial charge in [0.25, 0.3) is 5.91 Å². The summed E-state index contributed by atoms with van der Waals surface area (Å²) in [5.74, 6) is 0.839. The van der Waals surface area contributed by atoms with E-state index < -0.39 is 6.04 Å². The number of rotatable bonds is 9. The van der Waals surface area contributed by atoms with Crippen molar-refractivity contribution in [3.05, 3.63) is 76.6 Å². The van der Waals surface area contributed by atoms with Crippen LogP contribution in [0.25, 0.3) is 9.88 Å². The quantitative estimate of drug-likeness (QED) is 0.297. The molecule has 2 aromatic carbocycles. The number of hydrogen-bond acceptors (Lipinski definition) is 8. The van der Waals surface area contributed by atoms with Gasteiger partial charge in [-0.3, -0.25) is 9.59 Å². The van der Waals surface area contributed by atoms with Gasteiger partial charge in [0.1, 0.15) is 22.3 Å². The first-order valence-electron chi connectivity index (χ1n) is 10.7. The number of carbonyl (C=O) groups is 2. The number of nitrogens with one attached hydrogen (secondary N) is 2. The van der Waals surface area contributed by atoms with Crippen LogP contribution in [-0.2, 0) is 11.3 Å². The van der Waals surface area contributed by atoms with Gasteiger partial charge in [0.2, 0.25) is 5.91 Å². The molecule has 180 valence electrons. The second kappa shape index (κ2) is 11.1. The largest absolute Gasteiger partial charge is 0.497 e. The smallest absolute Gasteiger partial charge is 0.255 e. The summed E-state index contributed by atoms with van der Waals surface area (Å²) in [5, 5.41) is 10.4. The number of ether oxygens (including phenoxy) is 2. The fourth-order valence-corrected chi connectivity index (χ4v) is 4.70. The number of methoxy groups -OCH3 is 1. The van der Waals surface area contributed by atoms with Gasteiger partial charge in [-0.15, -0.1) is 22.7 Å².